The first kappa shape index (κ1) is 37.8. The van der Waals surface area contributed by atoms with Crippen molar-refractivity contribution in [1.82, 2.24) is 30.0 Å². The molecule has 4 atom stereocenters. The number of ether oxygens (including phenoxy) is 2. The molecule has 2 amide bonds. The van der Waals surface area contributed by atoms with Crippen molar-refractivity contribution in [2.24, 2.45) is 17.8 Å². The fraction of sp³-hybridized carbons (Fsp3) is 0.386. The van der Waals surface area contributed by atoms with Gasteiger partial charge in [0, 0.05) is 24.4 Å². The van der Waals surface area contributed by atoms with Crippen molar-refractivity contribution in [3.8, 4) is 33.8 Å². The summed E-state index contributed by atoms with van der Waals surface area (Å²) in [5.74, 6) is 0.0941. The lowest BCUT2D eigenvalue weighted by molar-refractivity contribution is -0.148. The van der Waals surface area contributed by atoms with Gasteiger partial charge in [-0.05, 0) is 59.4 Å². The lowest BCUT2D eigenvalue weighted by Crippen LogP contribution is -2.39. The number of para-hydroxylation sites is 1. The van der Waals surface area contributed by atoms with Crippen molar-refractivity contribution in [3.63, 3.8) is 0 Å². The molecule has 0 aliphatic carbocycles. The molecule has 3 aliphatic heterocycles. The van der Waals surface area contributed by atoms with Crippen LogP contribution < -0.4 is 4.90 Å². The summed E-state index contributed by atoms with van der Waals surface area (Å²) in [7, 11) is 2.70. The Morgan fingerprint density at radius 2 is 1.53 bits per heavy atom. The molecule has 5 aromatic rings. The van der Waals surface area contributed by atoms with E-state index in [1.54, 1.807) is 0 Å². The molecule has 1 saturated heterocycles. The predicted molar refractivity (Wildman–Crippen MR) is 212 cm³/mol. The molecule has 0 bridgehead atoms. The van der Waals surface area contributed by atoms with Gasteiger partial charge in [-0.1, -0.05) is 80.6 Å². The zero-order valence-electron chi connectivity index (χ0n) is 32.7. The van der Waals surface area contributed by atoms with Crippen LogP contribution in [0.5, 0.6) is 0 Å². The maximum absolute atomic E-state index is 14.0. The largest absolute Gasteiger partial charge is 0.469 e. The summed E-state index contributed by atoms with van der Waals surface area (Å²) < 4.78 is 9.78. The third-order valence-electron chi connectivity index (χ3n) is 11.8. The highest BCUT2D eigenvalue weighted by Gasteiger charge is 2.43. The number of anilines is 1. The number of aromatic amines is 2. The number of aromatic nitrogens is 5. The molecule has 1 fully saturated rings. The molecule has 0 saturated carbocycles. The van der Waals surface area contributed by atoms with E-state index in [4.69, 9.17) is 19.4 Å². The van der Waals surface area contributed by atoms with E-state index in [9.17, 15) is 19.2 Å². The number of methoxy groups -OCH3 is 2. The van der Waals surface area contributed by atoms with Crippen LogP contribution in [0.25, 0.3) is 33.8 Å². The second-order valence-corrected chi connectivity index (χ2v) is 15.6. The lowest BCUT2D eigenvalue weighted by atomic mass is 9.91. The maximum atomic E-state index is 14.0. The number of likely N-dealkylation sites (tertiary alicyclic amines) is 1. The van der Waals surface area contributed by atoms with Crippen LogP contribution >= 0.6 is 0 Å². The van der Waals surface area contributed by atoms with Gasteiger partial charge >= 0.3 is 11.9 Å². The highest BCUT2D eigenvalue weighted by atomic mass is 16.5. The minimum atomic E-state index is -0.459. The summed E-state index contributed by atoms with van der Waals surface area (Å²) in [5, 5.41) is 7.58. The van der Waals surface area contributed by atoms with Gasteiger partial charge in [0.15, 0.2) is 5.82 Å². The highest BCUT2D eigenvalue weighted by molar-refractivity contribution is 6.00. The Labute approximate surface area is 331 Å². The summed E-state index contributed by atoms with van der Waals surface area (Å²) in [6, 6.07) is 22.0. The summed E-state index contributed by atoms with van der Waals surface area (Å²) in [4.78, 5) is 68.6. The Balaban J connectivity index is 0.951. The Kier molecular flexibility index (Phi) is 10.5. The molecule has 3 aliphatic rings. The van der Waals surface area contributed by atoms with Gasteiger partial charge in [-0.25, -0.2) is 9.97 Å². The van der Waals surface area contributed by atoms with E-state index in [1.807, 2.05) is 60.2 Å². The summed E-state index contributed by atoms with van der Waals surface area (Å²) >= 11 is 0. The Morgan fingerprint density at radius 3 is 2.23 bits per heavy atom. The molecule has 0 spiro atoms. The number of rotatable bonds is 11. The van der Waals surface area contributed by atoms with E-state index in [2.05, 4.69) is 51.6 Å². The summed E-state index contributed by atoms with van der Waals surface area (Å²) in [6.07, 6.45) is 5.51. The summed E-state index contributed by atoms with van der Waals surface area (Å²) in [5.41, 5.74) is 7.93. The van der Waals surface area contributed by atoms with E-state index in [-0.39, 0.29) is 54.6 Å². The van der Waals surface area contributed by atoms with Crippen LogP contribution in [0.1, 0.15) is 80.8 Å². The Hall–Kier alpha value is -6.11. The van der Waals surface area contributed by atoms with Crippen LogP contribution in [0.15, 0.2) is 72.9 Å². The molecular weight excluding hydrogens is 723 g/mol. The third kappa shape index (κ3) is 7.34. The number of esters is 2. The van der Waals surface area contributed by atoms with Crippen molar-refractivity contribution >= 4 is 29.4 Å². The predicted octanol–water partition coefficient (Wildman–Crippen LogP) is 6.78. The minimum absolute atomic E-state index is 0.0102. The van der Waals surface area contributed by atoms with Gasteiger partial charge in [-0.3, -0.25) is 24.3 Å². The van der Waals surface area contributed by atoms with Gasteiger partial charge in [0.05, 0.1) is 62.6 Å². The number of H-pyrrole nitrogens is 2. The zero-order chi connectivity index (χ0) is 39.8. The molecule has 0 unspecified atom stereocenters. The average molecular weight is 770 g/mol. The van der Waals surface area contributed by atoms with Crippen molar-refractivity contribution in [1.29, 1.82) is 0 Å². The fourth-order valence-electron chi connectivity index (χ4n) is 8.64. The highest BCUT2D eigenvalue weighted by Crippen LogP contribution is 2.46. The van der Waals surface area contributed by atoms with E-state index in [0.29, 0.717) is 36.9 Å². The lowest BCUT2D eigenvalue weighted by Gasteiger charge is -2.29. The molecule has 3 aromatic carbocycles. The van der Waals surface area contributed by atoms with Crippen LogP contribution in [-0.4, -0.2) is 74.6 Å². The number of nitrogens with zero attached hydrogens (tertiary/aromatic N) is 5. The zero-order valence-corrected chi connectivity index (χ0v) is 32.7. The first-order valence-electron chi connectivity index (χ1n) is 19.7. The number of aryl methyl sites for hydroxylation is 1. The number of imidazole rings is 1. The first-order valence-corrected chi connectivity index (χ1v) is 19.7. The van der Waals surface area contributed by atoms with Gasteiger partial charge < -0.3 is 24.3 Å². The molecule has 13 heteroatoms. The molecule has 2 aromatic heterocycles. The standard InChI is InChI=1S/C44H47N7O6/c1-25(2)33(23-38(53)57-4)44(55)50-20-6-9-35(50)42-47-40(48-49-42)30-17-12-27(13-18-30)26-10-14-28(15-11-26)34-24-45-41(46-34)36-21-31-8-5-7-29-16-19-32(22-37(52)56-3)43(54)51(36)39(29)31/h5,7-8,10-15,17-18,24-25,32-33,35-36H,6,9,16,19-23H2,1-4H3,(H,45,46)(H,47,48,49)/t32-,33+,35+,36+/m1/s1. The second-order valence-electron chi connectivity index (χ2n) is 15.6. The normalized spacial score (nSPS) is 19.4. The third-order valence-corrected chi connectivity index (χ3v) is 11.8. The molecular formula is C44H47N7O6. The number of hydrogen-bond donors (Lipinski definition) is 2. The molecule has 5 heterocycles. The summed E-state index contributed by atoms with van der Waals surface area (Å²) in [6.45, 7) is 4.51. The van der Waals surface area contributed by atoms with Gasteiger partial charge in [-0.2, -0.15) is 5.10 Å². The van der Waals surface area contributed by atoms with Crippen LogP contribution in [0.2, 0.25) is 0 Å². The SMILES string of the molecule is COC(=O)C[C@H]1CCc2cccc3c2N(C1=O)[C@H](c1ncc(-c2ccc(-c4ccc(-c5n[nH]c([C@@H]6CCCN6C(=O)[C@@H](CC(=O)OC)C(C)C)n5)cc4)cc2)[nH]1)C3. The minimum Gasteiger partial charge on any atom is -0.469 e. The molecule has 13 nitrogen and oxygen atoms in total. The van der Waals surface area contributed by atoms with Crippen LogP contribution in [-0.2, 0) is 41.5 Å². The van der Waals surface area contributed by atoms with Gasteiger partial charge in [0.2, 0.25) is 11.8 Å². The van der Waals surface area contributed by atoms with Crippen molar-refractivity contribution in [2.75, 3.05) is 25.7 Å². The molecule has 57 heavy (non-hydrogen) atoms. The monoisotopic (exact) mass is 769 g/mol. The Morgan fingerprint density at radius 1 is 0.842 bits per heavy atom. The quantitative estimate of drug-likeness (QED) is 0.138. The topological polar surface area (TPSA) is 163 Å². The van der Waals surface area contributed by atoms with E-state index in [1.165, 1.54) is 14.2 Å². The number of benzene rings is 3. The number of nitrogens with one attached hydrogen (secondary N) is 2. The Bertz CT molecular complexity index is 2300. The van der Waals surface area contributed by atoms with Crippen molar-refractivity contribution in [3.05, 3.63) is 95.7 Å². The number of carbonyl (C=O) groups excluding carboxylic acids is 4. The first-order chi connectivity index (χ1) is 27.6. The van der Waals surface area contributed by atoms with E-state index < -0.39 is 11.8 Å². The smallest absolute Gasteiger partial charge is 0.306 e. The van der Waals surface area contributed by atoms with E-state index in [0.717, 1.165) is 64.0 Å². The van der Waals surface area contributed by atoms with Crippen molar-refractivity contribution in [2.45, 2.75) is 70.9 Å². The molecule has 2 N–H and O–H groups in total. The van der Waals surface area contributed by atoms with E-state index >= 15 is 0 Å². The molecule has 0 radical (unpaired) electrons. The van der Waals surface area contributed by atoms with Crippen molar-refractivity contribution < 1.29 is 28.7 Å². The number of amides is 2. The second kappa shape index (κ2) is 15.8. The van der Waals surface area contributed by atoms with Gasteiger partial charge in [-0.15, -0.1) is 0 Å². The molecule has 8 rings (SSSR count). The fourth-order valence-corrected chi connectivity index (χ4v) is 8.64. The maximum Gasteiger partial charge on any atom is 0.306 e. The van der Waals surface area contributed by atoms with Gasteiger partial charge in [0.25, 0.3) is 0 Å². The molecule has 294 valence electrons. The van der Waals surface area contributed by atoms with Gasteiger partial charge in [0.1, 0.15) is 11.6 Å². The average Bonchev–Trinajstić information content (AvgIpc) is 4.06. The van der Waals surface area contributed by atoms with Crippen LogP contribution in [0, 0.1) is 17.8 Å². The van der Waals surface area contributed by atoms with Crippen LogP contribution in [0.3, 0.4) is 0 Å². The number of hydrogen-bond acceptors (Lipinski definition) is 9. The van der Waals surface area contributed by atoms with Crippen LogP contribution in [0.4, 0.5) is 5.69 Å². The number of carbonyl (C=O) groups is 4.